The molecule has 1 aromatic rings. The van der Waals surface area contributed by atoms with Gasteiger partial charge in [-0.3, -0.25) is 4.79 Å². The molecule has 1 atom stereocenters. The van der Waals surface area contributed by atoms with E-state index in [1.807, 2.05) is 0 Å². The number of methoxy groups -OCH3 is 1. The largest absolute Gasteiger partial charge is 0.385 e. The van der Waals surface area contributed by atoms with Gasteiger partial charge in [-0.1, -0.05) is 0 Å². The van der Waals surface area contributed by atoms with Crippen molar-refractivity contribution in [3.63, 3.8) is 0 Å². The van der Waals surface area contributed by atoms with E-state index in [9.17, 15) is 17.6 Å². The molecule has 8 heteroatoms. The molecule has 0 saturated carbocycles. The first-order valence-corrected chi connectivity index (χ1v) is 8.52. The van der Waals surface area contributed by atoms with Crippen LogP contribution in [0.3, 0.4) is 0 Å². The molecule has 0 heterocycles. The van der Waals surface area contributed by atoms with Crippen molar-refractivity contribution in [1.29, 1.82) is 0 Å². The Balaban J connectivity index is 3.06. The molecular weight excluding hydrogens is 321 g/mol. The number of ether oxygens (including phenoxy) is 1. The monoisotopic (exact) mass is 337 g/mol. The molecule has 5 nitrogen and oxygen atoms in total. The van der Waals surface area contributed by atoms with Gasteiger partial charge in [-0.25, -0.2) is 12.8 Å². The zero-order valence-electron chi connectivity index (χ0n) is 11.9. The van der Waals surface area contributed by atoms with Crippen molar-refractivity contribution in [2.24, 2.45) is 0 Å². The molecule has 0 aliphatic heterocycles. The third-order valence-corrected chi connectivity index (χ3v) is 4.22. The molecular formula is C13H17ClFNO4S. The zero-order valence-corrected chi connectivity index (χ0v) is 13.5. The van der Waals surface area contributed by atoms with E-state index in [-0.39, 0.29) is 22.1 Å². The summed E-state index contributed by atoms with van der Waals surface area (Å²) in [5, 5.41) is 2.58. The minimum absolute atomic E-state index is 0.0337. The van der Waals surface area contributed by atoms with Crippen molar-refractivity contribution in [2.45, 2.75) is 31.2 Å². The Bertz CT molecular complexity index is 633. The number of carbonyl (C=O) groups excluding carboxylic acids is 1. The summed E-state index contributed by atoms with van der Waals surface area (Å²) in [6.07, 6.45) is 0.552. The minimum Gasteiger partial charge on any atom is -0.385 e. The second-order valence-electron chi connectivity index (χ2n) is 4.70. The number of halogens is 2. The maximum Gasteiger partial charge on any atom is 0.261 e. The van der Waals surface area contributed by atoms with Crippen LogP contribution in [0.5, 0.6) is 0 Å². The van der Waals surface area contributed by atoms with Gasteiger partial charge in [0.2, 0.25) is 0 Å². The summed E-state index contributed by atoms with van der Waals surface area (Å²) in [5.41, 5.74) is -0.315. The van der Waals surface area contributed by atoms with Crippen LogP contribution in [0.4, 0.5) is 4.39 Å². The molecule has 21 heavy (non-hydrogen) atoms. The molecule has 118 valence electrons. The maximum atomic E-state index is 14.0. The maximum absolute atomic E-state index is 14.0. The Morgan fingerprint density at radius 2 is 2.10 bits per heavy atom. The molecule has 0 aromatic heterocycles. The number of hydrogen-bond donors (Lipinski definition) is 1. The van der Waals surface area contributed by atoms with Crippen molar-refractivity contribution in [3.05, 3.63) is 29.1 Å². The number of hydrogen-bond acceptors (Lipinski definition) is 4. The van der Waals surface area contributed by atoms with E-state index in [2.05, 4.69) is 5.32 Å². The third kappa shape index (κ3) is 4.94. The van der Waals surface area contributed by atoms with Crippen LogP contribution in [0.15, 0.2) is 17.0 Å². The van der Waals surface area contributed by atoms with Crippen LogP contribution >= 0.6 is 10.7 Å². The van der Waals surface area contributed by atoms with Gasteiger partial charge in [-0.15, -0.1) is 0 Å². The Kier molecular flexibility index (Phi) is 6.12. The zero-order chi connectivity index (χ0) is 16.2. The van der Waals surface area contributed by atoms with Gasteiger partial charge in [-0.2, -0.15) is 0 Å². The van der Waals surface area contributed by atoms with Crippen LogP contribution in [0.25, 0.3) is 0 Å². The summed E-state index contributed by atoms with van der Waals surface area (Å²) < 4.78 is 41.5. The predicted octanol–water partition coefficient (Wildman–Crippen LogP) is 2.22. The highest BCUT2D eigenvalue weighted by atomic mass is 35.7. The van der Waals surface area contributed by atoms with E-state index >= 15 is 0 Å². The molecule has 0 aliphatic rings. The van der Waals surface area contributed by atoms with E-state index in [4.69, 9.17) is 15.4 Å². The van der Waals surface area contributed by atoms with Crippen molar-refractivity contribution in [1.82, 2.24) is 5.32 Å². The number of benzene rings is 1. The van der Waals surface area contributed by atoms with Gasteiger partial charge in [-0.05, 0) is 38.0 Å². The summed E-state index contributed by atoms with van der Waals surface area (Å²) >= 11 is 0. The molecule has 0 spiro atoms. The Labute approximate surface area is 127 Å². The third-order valence-electron chi connectivity index (χ3n) is 2.89. The first kappa shape index (κ1) is 17.9. The Morgan fingerprint density at radius 3 is 2.62 bits per heavy atom. The van der Waals surface area contributed by atoms with E-state index < -0.39 is 20.8 Å². The SMILES string of the molecule is COCCC(C)NC(=O)c1cc(S(=O)(=O)Cl)cc(C)c1F. The Morgan fingerprint density at radius 1 is 1.48 bits per heavy atom. The molecule has 0 aliphatic carbocycles. The second-order valence-corrected chi connectivity index (χ2v) is 7.26. The van der Waals surface area contributed by atoms with Gasteiger partial charge < -0.3 is 10.1 Å². The predicted molar refractivity (Wildman–Crippen MR) is 77.6 cm³/mol. The molecule has 0 bridgehead atoms. The highest BCUT2D eigenvalue weighted by Gasteiger charge is 2.21. The smallest absolute Gasteiger partial charge is 0.261 e. The Hall–Kier alpha value is -1.18. The van der Waals surface area contributed by atoms with Crippen molar-refractivity contribution >= 4 is 25.6 Å². The van der Waals surface area contributed by atoms with E-state index in [0.29, 0.717) is 13.0 Å². The molecule has 0 saturated heterocycles. The summed E-state index contributed by atoms with van der Waals surface area (Å²) in [5.74, 6) is -1.46. The fourth-order valence-corrected chi connectivity index (χ4v) is 2.55. The number of carbonyl (C=O) groups is 1. The summed E-state index contributed by atoms with van der Waals surface area (Å²) in [4.78, 5) is 11.7. The number of aryl methyl sites for hydroxylation is 1. The first-order chi connectivity index (χ1) is 9.66. The molecule has 0 radical (unpaired) electrons. The average molecular weight is 338 g/mol. The molecule has 1 amide bonds. The molecule has 1 unspecified atom stereocenters. The van der Waals surface area contributed by atoms with Crippen molar-refractivity contribution < 1.29 is 22.3 Å². The quantitative estimate of drug-likeness (QED) is 0.808. The summed E-state index contributed by atoms with van der Waals surface area (Å²) in [6, 6.07) is 1.78. The van der Waals surface area contributed by atoms with Crippen LogP contribution in [0.1, 0.15) is 29.3 Å². The van der Waals surface area contributed by atoms with Crippen LogP contribution in [0, 0.1) is 12.7 Å². The van der Waals surface area contributed by atoms with Crippen LogP contribution in [-0.2, 0) is 13.8 Å². The van der Waals surface area contributed by atoms with Gasteiger partial charge in [0.15, 0.2) is 0 Å². The lowest BCUT2D eigenvalue weighted by molar-refractivity contribution is 0.0925. The fourth-order valence-electron chi connectivity index (χ4n) is 1.71. The average Bonchev–Trinajstić information content (AvgIpc) is 2.37. The van der Waals surface area contributed by atoms with Crippen molar-refractivity contribution in [3.8, 4) is 0 Å². The summed E-state index contributed by atoms with van der Waals surface area (Å²) in [7, 11) is 2.73. The molecule has 1 N–H and O–H groups in total. The normalized spacial score (nSPS) is 13.0. The first-order valence-electron chi connectivity index (χ1n) is 6.21. The number of rotatable bonds is 6. The highest BCUT2D eigenvalue weighted by molar-refractivity contribution is 8.13. The fraction of sp³-hybridized carbons (Fsp3) is 0.462. The lowest BCUT2D eigenvalue weighted by Crippen LogP contribution is -2.34. The van der Waals surface area contributed by atoms with Gasteiger partial charge in [0.1, 0.15) is 5.82 Å². The van der Waals surface area contributed by atoms with Gasteiger partial charge >= 0.3 is 0 Å². The highest BCUT2D eigenvalue weighted by Crippen LogP contribution is 2.22. The van der Waals surface area contributed by atoms with E-state index in [1.54, 1.807) is 6.92 Å². The van der Waals surface area contributed by atoms with Crippen molar-refractivity contribution in [2.75, 3.05) is 13.7 Å². The van der Waals surface area contributed by atoms with E-state index in [1.165, 1.54) is 14.0 Å². The lowest BCUT2D eigenvalue weighted by Gasteiger charge is -2.14. The minimum atomic E-state index is -4.04. The number of amides is 1. The van der Waals surface area contributed by atoms with Crippen LogP contribution < -0.4 is 5.32 Å². The molecule has 0 fully saturated rings. The second kappa shape index (κ2) is 7.20. The topological polar surface area (TPSA) is 72.5 Å². The summed E-state index contributed by atoms with van der Waals surface area (Å²) in [6.45, 7) is 3.55. The van der Waals surface area contributed by atoms with Gasteiger partial charge in [0.05, 0.1) is 10.5 Å². The van der Waals surface area contributed by atoms with Crippen LogP contribution in [-0.4, -0.2) is 34.1 Å². The van der Waals surface area contributed by atoms with Gasteiger partial charge in [0.25, 0.3) is 15.0 Å². The van der Waals surface area contributed by atoms with E-state index in [0.717, 1.165) is 12.1 Å². The van der Waals surface area contributed by atoms with Gasteiger partial charge in [0, 0.05) is 30.4 Å². The standard InChI is InChI=1S/C13H17ClFNO4S/c1-8-6-10(21(14,18)19)7-11(12(8)15)13(17)16-9(2)4-5-20-3/h6-7,9H,4-5H2,1-3H3,(H,16,17). The van der Waals surface area contributed by atoms with Crippen LogP contribution in [0.2, 0.25) is 0 Å². The molecule has 1 rings (SSSR count). The number of nitrogens with one attached hydrogen (secondary N) is 1. The lowest BCUT2D eigenvalue weighted by atomic mass is 10.1. The molecule has 1 aromatic carbocycles.